The highest BCUT2D eigenvalue weighted by atomic mass is 16.5. The fraction of sp³-hybridized carbons (Fsp3) is 0.667. The summed E-state index contributed by atoms with van der Waals surface area (Å²) >= 11 is 0. The maximum atomic E-state index is 6.05. The van der Waals surface area contributed by atoms with Gasteiger partial charge in [0.15, 0.2) is 5.65 Å². The molecule has 0 fully saturated rings. The van der Waals surface area contributed by atoms with E-state index in [-0.39, 0.29) is 6.04 Å². The van der Waals surface area contributed by atoms with Gasteiger partial charge in [0.05, 0.1) is 18.3 Å². The predicted octanol–water partition coefficient (Wildman–Crippen LogP) is 1.65. The van der Waals surface area contributed by atoms with Crippen molar-refractivity contribution in [2.45, 2.75) is 32.7 Å². The third-order valence-electron chi connectivity index (χ3n) is 3.21. The molecule has 0 aromatic carbocycles. The number of fused-ring (bicyclic) bond motifs is 1. The highest BCUT2D eigenvalue weighted by molar-refractivity contribution is 5.77. The summed E-state index contributed by atoms with van der Waals surface area (Å²) in [6.45, 7) is 4.74. The van der Waals surface area contributed by atoms with Crippen LogP contribution in [0.2, 0.25) is 0 Å². The van der Waals surface area contributed by atoms with Gasteiger partial charge in [0.1, 0.15) is 5.52 Å². The van der Waals surface area contributed by atoms with Gasteiger partial charge in [-0.2, -0.15) is 5.10 Å². The molecule has 2 aromatic rings. The lowest BCUT2D eigenvalue weighted by atomic mass is 10.2. The van der Waals surface area contributed by atoms with Crippen molar-refractivity contribution in [3.8, 4) is 0 Å². The lowest BCUT2D eigenvalue weighted by molar-refractivity contribution is 0.152. The zero-order chi connectivity index (χ0) is 13.3. The maximum absolute atomic E-state index is 6.05. The Bertz CT molecular complexity index is 536. The molecule has 1 unspecified atom stereocenters. The molecular formula is C12H21N5O. The molecule has 0 saturated carbocycles. The highest BCUT2D eigenvalue weighted by Gasteiger charge is 2.21. The predicted molar refractivity (Wildman–Crippen MR) is 71.5 cm³/mol. The van der Waals surface area contributed by atoms with Crippen LogP contribution in [0.5, 0.6) is 0 Å². The van der Waals surface area contributed by atoms with E-state index in [0.29, 0.717) is 12.6 Å². The molecule has 2 heterocycles. The number of anilines is 1. The van der Waals surface area contributed by atoms with Crippen molar-refractivity contribution in [3.05, 3.63) is 5.69 Å². The van der Waals surface area contributed by atoms with Gasteiger partial charge in [-0.3, -0.25) is 9.25 Å². The van der Waals surface area contributed by atoms with Gasteiger partial charge < -0.3 is 10.5 Å². The van der Waals surface area contributed by atoms with E-state index >= 15 is 0 Å². The molecular weight excluding hydrogens is 230 g/mol. The molecule has 0 aliphatic heterocycles. The van der Waals surface area contributed by atoms with Gasteiger partial charge in [-0.25, -0.2) is 4.98 Å². The molecule has 2 aromatic heterocycles. The molecule has 100 valence electrons. The molecule has 2 rings (SSSR count). The smallest absolute Gasteiger partial charge is 0.202 e. The number of ether oxygens (including phenoxy) is 1. The molecule has 0 radical (unpaired) electrons. The average Bonchev–Trinajstić information content (AvgIpc) is 2.78. The SMILES string of the molecule is CCCC(COC)n1c(N)nc2c(C)nn(C)c21. The fourth-order valence-corrected chi connectivity index (χ4v) is 2.49. The summed E-state index contributed by atoms with van der Waals surface area (Å²) in [5.74, 6) is 0.539. The van der Waals surface area contributed by atoms with Gasteiger partial charge in [0.25, 0.3) is 0 Å². The second-order valence-electron chi connectivity index (χ2n) is 4.62. The summed E-state index contributed by atoms with van der Waals surface area (Å²) in [6.07, 6.45) is 2.08. The number of rotatable bonds is 5. The largest absolute Gasteiger partial charge is 0.383 e. The summed E-state index contributed by atoms with van der Waals surface area (Å²) in [6, 6.07) is 0.208. The Hall–Kier alpha value is -1.56. The highest BCUT2D eigenvalue weighted by Crippen LogP contribution is 2.27. The van der Waals surface area contributed by atoms with E-state index in [1.807, 2.05) is 23.2 Å². The molecule has 0 aliphatic rings. The van der Waals surface area contributed by atoms with Crippen LogP contribution in [-0.4, -0.2) is 33.0 Å². The van der Waals surface area contributed by atoms with Gasteiger partial charge in [0.2, 0.25) is 5.95 Å². The zero-order valence-electron chi connectivity index (χ0n) is 11.5. The van der Waals surface area contributed by atoms with Gasteiger partial charge >= 0.3 is 0 Å². The monoisotopic (exact) mass is 251 g/mol. The van der Waals surface area contributed by atoms with E-state index in [9.17, 15) is 0 Å². The lowest BCUT2D eigenvalue weighted by Crippen LogP contribution is -2.18. The molecule has 0 saturated heterocycles. The maximum Gasteiger partial charge on any atom is 0.202 e. The summed E-state index contributed by atoms with van der Waals surface area (Å²) in [4.78, 5) is 4.42. The quantitative estimate of drug-likeness (QED) is 0.877. The molecule has 1 atom stereocenters. The van der Waals surface area contributed by atoms with Crippen molar-refractivity contribution in [2.24, 2.45) is 7.05 Å². The van der Waals surface area contributed by atoms with Crippen molar-refractivity contribution in [3.63, 3.8) is 0 Å². The minimum atomic E-state index is 0.208. The minimum absolute atomic E-state index is 0.208. The van der Waals surface area contributed by atoms with Crippen molar-refractivity contribution in [1.82, 2.24) is 19.3 Å². The Morgan fingerprint density at radius 2 is 2.17 bits per heavy atom. The van der Waals surface area contributed by atoms with E-state index in [0.717, 1.165) is 29.7 Å². The summed E-state index contributed by atoms with van der Waals surface area (Å²) in [5, 5.41) is 4.39. The lowest BCUT2D eigenvalue weighted by Gasteiger charge is -2.19. The Morgan fingerprint density at radius 1 is 1.44 bits per heavy atom. The fourth-order valence-electron chi connectivity index (χ4n) is 2.49. The van der Waals surface area contributed by atoms with Crippen LogP contribution >= 0.6 is 0 Å². The summed E-state index contributed by atoms with van der Waals surface area (Å²) in [5.41, 5.74) is 8.81. The number of nitrogens with two attached hydrogens (primary N) is 1. The number of aryl methyl sites for hydroxylation is 2. The first kappa shape index (κ1) is 12.9. The van der Waals surface area contributed by atoms with Crippen molar-refractivity contribution < 1.29 is 4.74 Å². The van der Waals surface area contributed by atoms with Gasteiger partial charge in [-0.1, -0.05) is 13.3 Å². The van der Waals surface area contributed by atoms with Crippen LogP contribution in [0, 0.1) is 6.92 Å². The molecule has 0 amide bonds. The molecule has 6 heteroatoms. The first-order valence-electron chi connectivity index (χ1n) is 6.26. The summed E-state index contributed by atoms with van der Waals surface area (Å²) in [7, 11) is 3.63. The van der Waals surface area contributed by atoms with E-state index in [4.69, 9.17) is 10.5 Å². The summed E-state index contributed by atoms with van der Waals surface area (Å²) < 4.78 is 9.18. The number of nitrogens with zero attached hydrogens (tertiary/aromatic N) is 4. The topological polar surface area (TPSA) is 70.9 Å². The number of imidazole rings is 1. The van der Waals surface area contributed by atoms with Crippen LogP contribution < -0.4 is 5.73 Å². The van der Waals surface area contributed by atoms with Gasteiger partial charge in [-0.05, 0) is 13.3 Å². The van der Waals surface area contributed by atoms with E-state index in [2.05, 4.69) is 17.0 Å². The average molecular weight is 251 g/mol. The number of nitrogen functional groups attached to an aromatic ring is 1. The third-order valence-corrected chi connectivity index (χ3v) is 3.21. The second-order valence-corrected chi connectivity index (χ2v) is 4.62. The van der Waals surface area contributed by atoms with Crippen molar-refractivity contribution in [1.29, 1.82) is 0 Å². The van der Waals surface area contributed by atoms with Gasteiger partial charge in [-0.15, -0.1) is 0 Å². The number of aromatic nitrogens is 4. The minimum Gasteiger partial charge on any atom is -0.383 e. The number of hydrogen-bond donors (Lipinski definition) is 1. The Morgan fingerprint density at radius 3 is 2.78 bits per heavy atom. The third kappa shape index (κ3) is 1.96. The number of methoxy groups -OCH3 is 1. The molecule has 0 aliphatic carbocycles. The van der Waals surface area contributed by atoms with Crippen LogP contribution in [0.25, 0.3) is 11.2 Å². The van der Waals surface area contributed by atoms with Crippen molar-refractivity contribution >= 4 is 17.1 Å². The van der Waals surface area contributed by atoms with Crippen LogP contribution in [0.4, 0.5) is 5.95 Å². The van der Waals surface area contributed by atoms with Crippen LogP contribution in [0.3, 0.4) is 0 Å². The second kappa shape index (κ2) is 4.97. The van der Waals surface area contributed by atoms with E-state index in [1.54, 1.807) is 7.11 Å². The van der Waals surface area contributed by atoms with E-state index in [1.165, 1.54) is 0 Å². The molecule has 0 spiro atoms. The first-order chi connectivity index (χ1) is 8.60. The Labute approximate surface area is 107 Å². The molecule has 6 nitrogen and oxygen atoms in total. The van der Waals surface area contributed by atoms with Crippen LogP contribution in [0.1, 0.15) is 31.5 Å². The Balaban J connectivity index is 2.56. The zero-order valence-corrected chi connectivity index (χ0v) is 11.5. The van der Waals surface area contributed by atoms with Gasteiger partial charge in [0, 0.05) is 14.2 Å². The molecule has 2 N–H and O–H groups in total. The molecule has 0 bridgehead atoms. The molecule has 18 heavy (non-hydrogen) atoms. The van der Waals surface area contributed by atoms with Crippen LogP contribution in [0.15, 0.2) is 0 Å². The first-order valence-corrected chi connectivity index (χ1v) is 6.26. The number of hydrogen-bond acceptors (Lipinski definition) is 4. The Kier molecular flexibility index (Phi) is 3.56. The standard InChI is InChI=1S/C12H21N5O/c1-5-6-9(7-18-4)17-11-10(14-12(17)13)8(2)15-16(11)3/h9H,5-7H2,1-4H3,(H2,13,14). The normalized spacial score (nSPS) is 13.3. The van der Waals surface area contributed by atoms with Crippen LogP contribution in [-0.2, 0) is 11.8 Å². The van der Waals surface area contributed by atoms with Crippen molar-refractivity contribution in [2.75, 3.05) is 19.5 Å². The van der Waals surface area contributed by atoms with E-state index < -0.39 is 0 Å².